The molecule has 3 heteroatoms. The van der Waals surface area contributed by atoms with Crippen molar-refractivity contribution in [1.29, 1.82) is 0 Å². The van der Waals surface area contributed by atoms with Crippen molar-refractivity contribution in [2.24, 2.45) is 0 Å². The van der Waals surface area contributed by atoms with Gasteiger partial charge in [-0.05, 0) is 18.4 Å². The van der Waals surface area contributed by atoms with Gasteiger partial charge in [0, 0.05) is 0 Å². The topological polar surface area (TPSA) is 0 Å². The molecule has 3 aliphatic rings. The van der Waals surface area contributed by atoms with Gasteiger partial charge in [-0.25, -0.2) is 0 Å². The Morgan fingerprint density at radius 1 is 0.800 bits per heavy atom. The number of benzene rings is 3. The van der Waals surface area contributed by atoms with Gasteiger partial charge in [0.1, 0.15) is 0 Å². The number of halogens is 2. The van der Waals surface area contributed by atoms with Gasteiger partial charge in [-0.1, -0.05) is 54.8 Å². The quantitative estimate of drug-likeness (QED) is 0.271. The van der Waals surface area contributed by atoms with E-state index in [1.807, 2.05) is 0 Å². The average molecular weight is 509 g/mol. The van der Waals surface area contributed by atoms with E-state index in [2.05, 4.69) is 73.7 Å². The Kier molecular flexibility index (Phi) is 6.98. The van der Waals surface area contributed by atoms with Crippen molar-refractivity contribution in [3.05, 3.63) is 94.5 Å². The van der Waals surface area contributed by atoms with Crippen molar-refractivity contribution < 1.29 is 51.0 Å². The third kappa shape index (κ3) is 3.50. The summed E-state index contributed by atoms with van der Waals surface area (Å²) < 4.78 is 0. The molecule has 0 saturated carbocycles. The van der Waals surface area contributed by atoms with Crippen LogP contribution in [0.25, 0.3) is 32.7 Å². The smallest absolute Gasteiger partial charge is 1.00 e. The van der Waals surface area contributed by atoms with Crippen LogP contribution >= 0.6 is 0 Å². The first-order chi connectivity index (χ1) is 13.3. The van der Waals surface area contributed by atoms with E-state index < -0.39 is 0 Å². The molecule has 0 spiro atoms. The number of hydrogen-bond acceptors (Lipinski definition) is 0. The first kappa shape index (κ1) is 23.3. The van der Waals surface area contributed by atoms with Crippen LogP contribution in [0.5, 0.6) is 0 Å². The zero-order valence-corrected chi connectivity index (χ0v) is 20.9. The normalized spacial score (nSPS) is 12.8. The summed E-state index contributed by atoms with van der Waals surface area (Å²) in [5.74, 6) is 0. The zero-order chi connectivity index (χ0) is 18.0. The molecule has 3 aromatic rings. The Hall–Kier alpha value is -1.40. The molecular weight excluding hydrogens is 486 g/mol. The van der Waals surface area contributed by atoms with Crippen LogP contribution in [-0.2, 0) is 51.9 Å². The molecule has 0 heterocycles. The number of aryl methyl sites for hydroxylation is 5. The Labute approximate surface area is 209 Å². The van der Waals surface area contributed by atoms with Crippen molar-refractivity contribution in [1.82, 2.24) is 0 Å². The first-order valence-corrected chi connectivity index (χ1v) is 10.1. The molecular formula is C27H22Cl2Zr. The fourth-order valence-electron chi connectivity index (χ4n) is 5.30. The molecule has 148 valence electrons. The molecule has 0 radical (unpaired) electrons. The Morgan fingerprint density at radius 3 is 2.50 bits per heavy atom. The minimum atomic E-state index is 0. The van der Waals surface area contributed by atoms with E-state index in [0.29, 0.717) is 0 Å². The Balaban J connectivity index is 0.000000853. The molecule has 0 saturated heterocycles. The molecule has 0 amide bonds. The van der Waals surface area contributed by atoms with Crippen molar-refractivity contribution >= 4 is 21.5 Å². The van der Waals surface area contributed by atoms with Gasteiger partial charge in [-0.3, -0.25) is 0 Å². The van der Waals surface area contributed by atoms with E-state index in [1.54, 1.807) is 11.1 Å². The van der Waals surface area contributed by atoms with Gasteiger partial charge in [0.05, 0.1) is 0 Å². The third-order valence-electron chi connectivity index (χ3n) is 6.63. The summed E-state index contributed by atoms with van der Waals surface area (Å²) in [7, 11) is 0. The summed E-state index contributed by atoms with van der Waals surface area (Å²) in [6.07, 6.45) is 4.49. The number of fused-ring (bicyclic) bond motifs is 5. The second kappa shape index (κ2) is 8.99. The standard InChI is InChI=1S/C27H22.2ClH.Zr/c1-17-26-15-18-9-11-21-16-20-5-2-3-7-22(20)23(21)14-12-19-6-4-8-25(27(17)19)24(26)13-10-18;;;/h2-8,10,13,15-16H,9,11-12,14H2,1H3;2*1H;/q-2;;;+4/p-2. The Bertz CT molecular complexity index is 1290. The summed E-state index contributed by atoms with van der Waals surface area (Å²) in [5.41, 5.74) is 10.4. The fourth-order valence-corrected chi connectivity index (χ4v) is 5.30. The Morgan fingerprint density at radius 2 is 1.63 bits per heavy atom. The van der Waals surface area contributed by atoms with Gasteiger partial charge in [-0.2, -0.15) is 6.07 Å². The molecule has 0 aromatic heterocycles. The molecule has 0 fully saturated rings. The van der Waals surface area contributed by atoms with Crippen molar-refractivity contribution in [2.75, 3.05) is 0 Å². The van der Waals surface area contributed by atoms with E-state index >= 15 is 0 Å². The fraction of sp³-hybridized carbons (Fsp3) is 0.185. The first-order valence-electron chi connectivity index (χ1n) is 10.1. The largest absolute Gasteiger partial charge is 4.00 e. The zero-order valence-electron chi connectivity index (χ0n) is 16.9. The summed E-state index contributed by atoms with van der Waals surface area (Å²) in [6.45, 7) is 2.31. The minimum absolute atomic E-state index is 0. The van der Waals surface area contributed by atoms with Crippen LogP contribution in [0.3, 0.4) is 0 Å². The molecule has 0 nitrogen and oxygen atoms in total. The molecule has 3 aliphatic carbocycles. The van der Waals surface area contributed by atoms with E-state index in [4.69, 9.17) is 0 Å². The molecule has 6 rings (SSSR count). The molecule has 30 heavy (non-hydrogen) atoms. The second-order valence-corrected chi connectivity index (χ2v) is 8.08. The van der Waals surface area contributed by atoms with Crippen molar-refractivity contribution in [3.63, 3.8) is 0 Å². The minimum Gasteiger partial charge on any atom is -1.00 e. The summed E-state index contributed by atoms with van der Waals surface area (Å²) in [6, 6.07) is 25.4. The maximum absolute atomic E-state index is 2.44. The summed E-state index contributed by atoms with van der Waals surface area (Å²) in [5, 5.41) is 5.72. The van der Waals surface area contributed by atoms with Gasteiger partial charge in [0.25, 0.3) is 0 Å². The number of hydrogen-bond donors (Lipinski definition) is 0. The van der Waals surface area contributed by atoms with Crippen LogP contribution < -0.4 is 24.8 Å². The van der Waals surface area contributed by atoms with Crippen molar-refractivity contribution in [2.45, 2.75) is 32.6 Å². The summed E-state index contributed by atoms with van der Waals surface area (Å²) in [4.78, 5) is 0. The van der Waals surface area contributed by atoms with Crippen LogP contribution in [-0.4, -0.2) is 0 Å². The van der Waals surface area contributed by atoms with Gasteiger partial charge < -0.3 is 24.8 Å². The van der Waals surface area contributed by atoms with Gasteiger partial charge in [-0.15, -0.1) is 80.6 Å². The maximum Gasteiger partial charge on any atom is 4.00 e. The monoisotopic (exact) mass is 506 g/mol. The van der Waals surface area contributed by atoms with Crippen LogP contribution in [0.2, 0.25) is 0 Å². The van der Waals surface area contributed by atoms with Gasteiger partial charge in [0.2, 0.25) is 0 Å². The molecule has 3 bridgehead atoms. The maximum atomic E-state index is 2.44. The van der Waals surface area contributed by atoms with Crippen LogP contribution in [0.15, 0.2) is 66.7 Å². The average Bonchev–Trinajstić information content (AvgIpc) is 3.20. The van der Waals surface area contributed by atoms with E-state index in [9.17, 15) is 0 Å². The van der Waals surface area contributed by atoms with Crippen LogP contribution in [0.4, 0.5) is 0 Å². The van der Waals surface area contributed by atoms with Gasteiger partial charge >= 0.3 is 26.2 Å². The van der Waals surface area contributed by atoms with E-state index in [1.165, 1.54) is 49.4 Å². The molecule has 0 N–H and O–H groups in total. The molecule has 0 aliphatic heterocycles. The van der Waals surface area contributed by atoms with E-state index in [-0.39, 0.29) is 51.0 Å². The SMILES string of the molecule is Cc1c2[c-]3cccc-2c2ccc(cc12)CCc1cc2ccccc2[c-]1CC3.[Cl-].[Cl-].[Zr+4]. The predicted molar refractivity (Wildman–Crippen MR) is 115 cm³/mol. The second-order valence-electron chi connectivity index (χ2n) is 8.08. The molecule has 0 unspecified atom stereocenters. The summed E-state index contributed by atoms with van der Waals surface area (Å²) >= 11 is 0. The third-order valence-corrected chi connectivity index (χ3v) is 6.63. The van der Waals surface area contributed by atoms with E-state index in [0.717, 1.165) is 25.7 Å². The predicted octanol–water partition coefficient (Wildman–Crippen LogP) is 0.733. The number of rotatable bonds is 0. The van der Waals surface area contributed by atoms with Crippen LogP contribution in [0, 0.1) is 6.92 Å². The molecule has 3 aromatic carbocycles. The van der Waals surface area contributed by atoms with Gasteiger partial charge in [0.15, 0.2) is 0 Å². The van der Waals surface area contributed by atoms with Crippen molar-refractivity contribution in [3.8, 4) is 11.1 Å². The molecule has 0 atom stereocenters. The van der Waals surface area contributed by atoms with Crippen LogP contribution in [0.1, 0.15) is 27.8 Å².